The van der Waals surface area contributed by atoms with Crippen molar-refractivity contribution in [2.75, 3.05) is 33.4 Å². The van der Waals surface area contributed by atoms with E-state index in [0.29, 0.717) is 13.1 Å². The fraction of sp³-hybridized carbons (Fsp3) is 0.423. The second-order valence-electron chi connectivity index (χ2n) is 8.95. The molecule has 180 valence electrons. The lowest BCUT2D eigenvalue weighted by Crippen LogP contribution is -2.54. The molecule has 0 radical (unpaired) electrons. The van der Waals surface area contributed by atoms with Crippen molar-refractivity contribution in [3.8, 4) is 11.1 Å². The monoisotopic (exact) mass is 466 g/mol. The summed E-state index contributed by atoms with van der Waals surface area (Å²) in [5.74, 6) is -1.49. The third-order valence-corrected chi connectivity index (χ3v) is 6.91. The minimum atomic E-state index is -0.848. The van der Waals surface area contributed by atoms with Crippen LogP contribution in [-0.2, 0) is 19.1 Å². The van der Waals surface area contributed by atoms with E-state index in [-0.39, 0.29) is 37.3 Å². The van der Waals surface area contributed by atoms with E-state index < -0.39 is 24.1 Å². The van der Waals surface area contributed by atoms with E-state index in [0.717, 1.165) is 22.3 Å². The van der Waals surface area contributed by atoms with E-state index >= 15 is 0 Å². The molecule has 2 aromatic carbocycles. The van der Waals surface area contributed by atoms with Gasteiger partial charge in [-0.1, -0.05) is 55.5 Å². The molecule has 8 nitrogen and oxygen atoms in total. The maximum atomic E-state index is 12.5. The van der Waals surface area contributed by atoms with Crippen molar-refractivity contribution in [3.05, 3.63) is 59.7 Å². The second kappa shape index (κ2) is 10.3. The Bertz CT molecular complexity index is 1020. The van der Waals surface area contributed by atoms with Gasteiger partial charge in [-0.2, -0.15) is 0 Å². The van der Waals surface area contributed by atoms with Crippen LogP contribution >= 0.6 is 0 Å². The van der Waals surface area contributed by atoms with Crippen LogP contribution in [0.3, 0.4) is 0 Å². The lowest BCUT2D eigenvalue weighted by molar-refractivity contribution is -0.151. The first kappa shape index (κ1) is 23.8. The number of carbonyl (C=O) groups excluding carboxylic acids is 2. The van der Waals surface area contributed by atoms with Crippen LogP contribution in [-0.4, -0.2) is 67.4 Å². The molecule has 0 aromatic heterocycles. The summed E-state index contributed by atoms with van der Waals surface area (Å²) in [6.45, 7) is 2.88. The molecule has 1 saturated heterocycles. The molecular weight excluding hydrogens is 436 g/mol. The molecule has 1 heterocycles. The standard InChI is InChI=1S/C26H30N2O6/c1-16(25(30)31)17-13-28(14-17)24(29)11-18(33-2)12-27-26(32)34-15-23-21-9-5-3-7-19(21)20-8-4-6-10-22(20)23/h3-10,16-18,23H,11-15H2,1-2H3,(H,27,32)(H,30,31). The number of aliphatic carboxylic acids is 1. The number of hydrogen-bond donors (Lipinski definition) is 2. The summed E-state index contributed by atoms with van der Waals surface area (Å²) in [5.41, 5.74) is 4.61. The first-order valence-electron chi connectivity index (χ1n) is 11.5. The Morgan fingerprint density at radius 2 is 1.65 bits per heavy atom. The smallest absolute Gasteiger partial charge is 0.407 e. The number of carboxylic acid groups (broad SMARTS) is 1. The SMILES string of the molecule is COC(CNC(=O)OCC1c2ccccc2-c2ccccc21)CC(=O)N1CC(C(C)C(=O)O)C1. The largest absolute Gasteiger partial charge is 0.481 e. The Labute approximate surface area is 198 Å². The number of nitrogens with zero attached hydrogens (tertiary/aromatic N) is 1. The molecule has 2 amide bonds. The summed E-state index contributed by atoms with van der Waals surface area (Å²) >= 11 is 0. The first-order valence-corrected chi connectivity index (χ1v) is 11.5. The zero-order valence-electron chi connectivity index (χ0n) is 19.4. The minimum Gasteiger partial charge on any atom is -0.481 e. The normalized spacial score (nSPS) is 16.7. The van der Waals surface area contributed by atoms with E-state index in [1.165, 1.54) is 7.11 Å². The summed E-state index contributed by atoms with van der Waals surface area (Å²) in [7, 11) is 1.49. The summed E-state index contributed by atoms with van der Waals surface area (Å²) in [4.78, 5) is 37.5. The van der Waals surface area contributed by atoms with Crippen LogP contribution in [0.2, 0.25) is 0 Å². The highest BCUT2D eigenvalue weighted by Crippen LogP contribution is 2.44. The van der Waals surface area contributed by atoms with Crippen LogP contribution in [0.5, 0.6) is 0 Å². The highest BCUT2D eigenvalue weighted by molar-refractivity contribution is 5.79. The van der Waals surface area contributed by atoms with Gasteiger partial charge in [-0.15, -0.1) is 0 Å². The first-order chi connectivity index (χ1) is 16.4. The van der Waals surface area contributed by atoms with Gasteiger partial charge in [-0.25, -0.2) is 4.79 Å². The fourth-order valence-electron chi connectivity index (χ4n) is 4.64. The summed E-state index contributed by atoms with van der Waals surface area (Å²) in [6, 6.07) is 16.3. The molecule has 2 unspecified atom stereocenters. The van der Waals surface area contributed by atoms with Gasteiger partial charge in [0, 0.05) is 38.6 Å². The molecule has 2 aliphatic rings. The second-order valence-corrected chi connectivity index (χ2v) is 8.95. The molecule has 34 heavy (non-hydrogen) atoms. The minimum absolute atomic E-state index is 0.0227. The third kappa shape index (κ3) is 4.92. The number of alkyl carbamates (subject to hydrolysis) is 1. The van der Waals surface area contributed by atoms with E-state index in [2.05, 4.69) is 29.6 Å². The molecule has 2 atom stereocenters. The van der Waals surface area contributed by atoms with E-state index in [1.807, 2.05) is 24.3 Å². The van der Waals surface area contributed by atoms with Crippen molar-refractivity contribution in [1.29, 1.82) is 0 Å². The van der Waals surface area contributed by atoms with Crippen molar-refractivity contribution in [2.24, 2.45) is 11.8 Å². The van der Waals surface area contributed by atoms with Crippen molar-refractivity contribution < 1.29 is 29.0 Å². The van der Waals surface area contributed by atoms with Gasteiger partial charge in [0.05, 0.1) is 18.4 Å². The Morgan fingerprint density at radius 1 is 1.06 bits per heavy atom. The number of carbonyl (C=O) groups is 3. The summed E-state index contributed by atoms with van der Waals surface area (Å²) < 4.78 is 10.9. The molecule has 4 rings (SSSR count). The number of rotatable bonds is 9. The van der Waals surface area contributed by atoms with Crippen LogP contribution < -0.4 is 5.32 Å². The van der Waals surface area contributed by atoms with Gasteiger partial charge in [-0.05, 0) is 22.3 Å². The molecule has 2 aromatic rings. The van der Waals surface area contributed by atoms with Gasteiger partial charge < -0.3 is 24.8 Å². The van der Waals surface area contributed by atoms with E-state index in [1.54, 1.807) is 11.8 Å². The number of likely N-dealkylation sites (tertiary alicyclic amines) is 1. The highest BCUT2D eigenvalue weighted by Gasteiger charge is 2.37. The molecule has 8 heteroatoms. The van der Waals surface area contributed by atoms with E-state index in [9.17, 15) is 14.4 Å². The van der Waals surface area contributed by atoms with Crippen LogP contribution in [0, 0.1) is 11.8 Å². The Morgan fingerprint density at radius 3 is 2.21 bits per heavy atom. The average molecular weight is 467 g/mol. The third-order valence-electron chi connectivity index (χ3n) is 6.91. The quantitative estimate of drug-likeness (QED) is 0.588. The van der Waals surface area contributed by atoms with Gasteiger partial charge in [0.1, 0.15) is 6.61 Å². The van der Waals surface area contributed by atoms with Crippen molar-refractivity contribution in [3.63, 3.8) is 0 Å². The Hall–Kier alpha value is -3.39. The zero-order valence-corrected chi connectivity index (χ0v) is 19.4. The van der Waals surface area contributed by atoms with E-state index in [4.69, 9.17) is 14.6 Å². The molecule has 0 saturated carbocycles. The lowest BCUT2D eigenvalue weighted by Gasteiger charge is -2.41. The zero-order chi connectivity index (χ0) is 24.2. The molecule has 2 N–H and O–H groups in total. The van der Waals surface area contributed by atoms with Crippen molar-refractivity contribution >= 4 is 18.0 Å². The molecule has 1 aliphatic heterocycles. The number of nitrogens with one attached hydrogen (secondary N) is 1. The van der Waals surface area contributed by atoms with Crippen LogP contribution in [0.4, 0.5) is 4.79 Å². The Kier molecular flexibility index (Phi) is 7.17. The molecular formula is C26H30N2O6. The number of carboxylic acids is 1. The van der Waals surface area contributed by atoms with Gasteiger partial charge in [0.25, 0.3) is 0 Å². The number of hydrogen-bond acceptors (Lipinski definition) is 5. The van der Waals surface area contributed by atoms with Crippen LogP contribution in [0.1, 0.15) is 30.4 Å². The summed E-state index contributed by atoms with van der Waals surface area (Å²) in [6.07, 6.45) is -0.950. The average Bonchev–Trinajstić information content (AvgIpc) is 3.13. The summed E-state index contributed by atoms with van der Waals surface area (Å²) in [5, 5.41) is 11.8. The topological polar surface area (TPSA) is 105 Å². The molecule has 1 fully saturated rings. The molecule has 1 aliphatic carbocycles. The maximum absolute atomic E-state index is 12.5. The Balaban J connectivity index is 1.24. The van der Waals surface area contributed by atoms with Gasteiger partial charge in [0.15, 0.2) is 0 Å². The maximum Gasteiger partial charge on any atom is 0.407 e. The van der Waals surface area contributed by atoms with Gasteiger partial charge >= 0.3 is 12.1 Å². The van der Waals surface area contributed by atoms with Gasteiger partial charge in [-0.3, -0.25) is 9.59 Å². The number of methoxy groups -OCH3 is 1. The molecule has 0 spiro atoms. The van der Waals surface area contributed by atoms with Gasteiger partial charge in [0.2, 0.25) is 5.91 Å². The molecule has 0 bridgehead atoms. The van der Waals surface area contributed by atoms with Crippen LogP contribution in [0.15, 0.2) is 48.5 Å². The fourth-order valence-corrected chi connectivity index (χ4v) is 4.64. The predicted molar refractivity (Wildman–Crippen MR) is 125 cm³/mol. The van der Waals surface area contributed by atoms with Crippen LogP contribution in [0.25, 0.3) is 11.1 Å². The lowest BCUT2D eigenvalue weighted by atomic mass is 9.87. The van der Waals surface area contributed by atoms with Crippen molar-refractivity contribution in [2.45, 2.75) is 25.4 Å². The number of fused-ring (bicyclic) bond motifs is 3. The van der Waals surface area contributed by atoms with Crippen molar-refractivity contribution in [1.82, 2.24) is 10.2 Å². The highest BCUT2D eigenvalue weighted by atomic mass is 16.5. The number of benzene rings is 2. The number of ether oxygens (including phenoxy) is 2. The predicted octanol–water partition coefficient (Wildman–Crippen LogP) is 3.11. The number of amides is 2.